The van der Waals surface area contributed by atoms with Gasteiger partial charge < -0.3 is 4.74 Å². The molecule has 13 heavy (non-hydrogen) atoms. The van der Waals surface area contributed by atoms with Crippen LogP contribution < -0.4 is 0 Å². The average Bonchev–Trinajstić information content (AvgIpc) is 2.00. The second-order valence-corrected chi connectivity index (χ2v) is 3.96. The summed E-state index contributed by atoms with van der Waals surface area (Å²) in [6.07, 6.45) is 2.06. The van der Waals surface area contributed by atoms with Gasteiger partial charge in [-0.05, 0) is 19.9 Å². The molecule has 3 nitrogen and oxygen atoms in total. The molecule has 3 fully saturated rings. The van der Waals surface area contributed by atoms with Crippen LogP contribution in [0.3, 0.4) is 0 Å². The molecule has 0 amide bonds. The Morgan fingerprint density at radius 3 is 2.69 bits per heavy atom. The number of fused-ring (bicyclic) bond motifs is 2. The number of carbonyl (C=O) groups excluding carboxylic acids is 1. The summed E-state index contributed by atoms with van der Waals surface area (Å²) < 4.78 is 5.04. The summed E-state index contributed by atoms with van der Waals surface area (Å²) in [4.78, 5) is 13.9. The molecule has 1 aliphatic carbocycles. The number of piperidine rings is 2. The molecule has 1 atom stereocenters. The monoisotopic (exact) mass is 181 g/mol. The number of ether oxygens (including phenoxy) is 1. The number of hydrogen-bond acceptors (Lipinski definition) is 3. The zero-order valence-electron chi connectivity index (χ0n) is 8.12. The van der Waals surface area contributed by atoms with E-state index in [1.807, 2.05) is 7.05 Å². The van der Waals surface area contributed by atoms with Gasteiger partial charge in [-0.15, -0.1) is 0 Å². The first-order chi connectivity index (χ1) is 6.15. The lowest BCUT2D eigenvalue weighted by molar-refractivity contribution is -0.143. The number of methoxy groups -OCH3 is 1. The Bertz CT molecular complexity index is 256. The average molecular weight is 181 g/mol. The molecule has 2 bridgehead atoms. The molecule has 0 aromatic rings. The summed E-state index contributed by atoms with van der Waals surface area (Å²) in [6, 6.07) is 0.377. The Morgan fingerprint density at radius 1 is 1.62 bits per heavy atom. The summed E-state index contributed by atoms with van der Waals surface area (Å²) >= 11 is 0. The topological polar surface area (TPSA) is 29.5 Å². The van der Waals surface area contributed by atoms with E-state index in [1.54, 1.807) is 7.11 Å². The predicted octanol–water partition coefficient (Wildman–Crippen LogP) is 0.808. The normalized spacial score (nSPS) is 38.3. The predicted molar refractivity (Wildman–Crippen MR) is 49.2 cm³/mol. The highest BCUT2D eigenvalue weighted by Gasteiger charge is 2.49. The molecule has 0 aromatic carbocycles. The van der Waals surface area contributed by atoms with Gasteiger partial charge in [-0.1, -0.05) is 6.58 Å². The molecule has 0 spiro atoms. The van der Waals surface area contributed by atoms with E-state index in [2.05, 4.69) is 11.5 Å². The van der Waals surface area contributed by atoms with Crippen molar-refractivity contribution >= 4 is 5.78 Å². The molecule has 0 N–H and O–H groups in total. The maximum atomic E-state index is 11.8. The van der Waals surface area contributed by atoms with Crippen LogP contribution in [0, 0.1) is 5.92 Å². The minimum absolute atomic E-state index is 0.192. The van der Waals surface area contributed by atoms with E-state index in [-0.39, 0.29) is 17.7 Å². The number of ketones is 1. The van der Waals surface area contributed by atoms with Crippen LogP contribution in [0.15, 0.2) is 12.3 Å². The molecule has 0 aromatic heterocycles. The Balaban J connectivity index is 2.17. The number of carbonyl (C=O) groups is 1. The van der Waals surface area contributed by atoms with Crippen LogP contribution in [0.25, 0.3) is 0 Å². The zero-order chi connectivity index (χ0) is 9.59. The number of nitrogens with zero attached hydrogens (tertiary/aromatic N) is 1. The van der Waals surface area contributed by atoms with Gasteiger partial charge in [-0.2, -0.15) is 0 Å². The Morgan fingerprint density at radius 2 is 2.23 bits per heavy atom. The fourth-order valence-electron chi connectivity index (χ4n) is 2.28. The first-order valence-electron chi connectivity index (χ1n) is 4.63. The first kappa shape index (κ1) is 8.75. The quantitative estimate of drug-likeness (QED) is 0.590. The van der Waals surface area contributed by atoms with Crippen molar-refractivity contribution in [3.8, 4) is 0 Å². The zero-order valence-corrected chi connectivity index (χ0v) is 8.12. The van der Waals surface area contributed by atoms with E-state index in [9.17, 15) is 4.79 Å². The smallest absolute Gasteiger partial charge is 0.160 e. The largest absolute Gasteiger partial charge is 0.500 e. The lowest BCUT2D eigenvalue weighted by atomic mass is 9.70. The van der Waals surface area contributed by atoms with Crippen LogP contribution in [0.4, 0.5) is 0 Å². The fourth-order valence-corrected chi connectivity index (χ4v) is 2.28. The van der Waals surface area contributed by atoms with Crippen LogP contribution in [0.1, 0.15) is 12.8 Å². The third kappa shape index (κ3) is 1.10. The molecular formula is C10H15NO2. The molecule has 3 rings (SSSR count). The van der Waals surface area contributed by atoms with E-state index in [1.165, 1.54) is 0 Å². The maximum absolute atomic E-state index is 11.8. The van der Waals surface area contributed by atoms with Crippen LogP contribution >= 0.6 is 0 Å². The van der Waals surface area contributed by atoms with Gasteiger partial charge in [0.25, 0.3) is 0 Å². The number of likely N-dealkylation sites (N-methyl/N-ethyl adjacent to an activating group) is 1. The Hall–Kier alpha value is -0.830. The minimum Gasteiger partial charge on any atom is -0.500 e. The lowest BCUT2D eigenvalue weighted by Gasteiger charge is -2.50. The Kier molecular flexibility index (Phi) is 1.91. The van der Waals surface area contributed by atoms with Crippen LogP contribution in [-0.2, 0) is 9.53 Å². The first-order valence-corrected chi connectivity index (χ1v) is 4.63. The summed E-state index contributed by atoms with van der Waals surface area (Å²) in [5.74, 6) is 1.15. The van der Waals surface area contributed by atoms with Crippen molar-refractivity contribution in [1.82, 2.24) is 4.90 Å². The van der Waals surface area contributed by atoms with Gasteiger partial charge in [0.15, 0.2) is 5.78 Å². The van der Waals surface area contributed by atoms with Crippen molar-refractivity contribution in [2.45, 2.75) is 24.9 Å². The molecule has 2 heterocycles. The van der Waals surface area contributed by atoms with Crippen LogP contribution in [-0.4, -0.2) is 36.9 Å². The Labute approximate surface area is 78.4 Å². The highest BCUT2D eigenvalue weighted by atomic mass is 16.5. The number of hydrogen-bond donors (Lipinski definition) is 0. The summed E-state index contributed by atoms with van der Waals surface area (Å²) in [6.45, 7) is 3.77. The highest BCUT2D eigenvalue weighted by molar-refractivity contribution is 5.91. The van der Waals surface area contributed by atoms with Crippen molar-refractivity contribution in [2.24, 2.45) is 5.92 Å². The van der Waals surface area contributed by atoms with Gasteiger partial charge in [0.2, 0.25) is 0 Å². The van der Waals surface area contributed by atoms with Gasteiger partial charge in [0.05, 0.1) is 7.11 Å². The van der Waals surface area contributed by atoms with Crippen molar-refractivity contribution in [3.63, 3.8) is 0 Å². The lowest BCUT2D eigenvalue weighted by Crippen LogP contribution is -2.61. The minimum atomic E-state index is -0.192. The third-order valence-electron chi connectivity index (χ3n) is 3.34. The van der Waals surface area contributed by atoms with Crippen LogP contribution in [0.2, 0.25) is 0 Å². The number of Topliss-reactive ketones (excluding diaryl/α,β-unsaturated/α-hetero) is 1. The molecular weight excluding hydrogens is 166 g/mol. The van der Waals surface area contributed by atoms with E-state index >= 15 is 0 Å². The highest BCUT2D eigenvalue weighted by Crippen LogP contribution is 2.40. The molecule has 3 heteroatoms. The maximum Gasteiger partial charge on any atom is 0.160 e. The van der Waals surface area contributed by atoms with E-state index in [0.29, 0.717) is 11.8 Å². The molecule has 0 radical (unpaired) electrons. The number of rotatable bonds is 2. The van der Waals surface area contributed by atoms with Gasteiger partial charge in [-0.3, -0.25) is 9.69 Å². The summed E-state index contributed by atoms with van der Waals surface area (Å²) in [5, 5.41) is 0. The second-order valence-electron chi connectivity index (χ2n) is 3.96. The van der Waals surface area contributed by atoms with Gasteiger partial charge in [0, 0.05) is 12.0 Å². The third-order valence-corrected chi connectivity index (χ3v) is 3.34. The molecule has 72 valence electrons. The van der Waals surface area contributed by atoms with Gasteiger partial charge in [0.1, 0.15) is 11.8 Å². The van der Waals surface area contributed by atoms with Crippen molar-refractivity contribution < 1.29 is 9.53 Å². The van der Waals surface area contributed by atoms with E-state index in [4.69, 9.17) is 4.74 Å². The van der Waals surface area contributed by atoms with E-state index in [0.717, 1.165) is 12.8 Å². The molecule has 1 saturated carbocycles. The summed E-state index contributed by atoms with van der Waals surface area (Å²) in [7, 11) is 3.55. The van der Waals surface area contributed by atoms with Crippen LogP contribution in [0.5, 0.6) is 0 Å². The molecule has 2 saturated heterocycles. The molecule has 3 aliphatic rings. The fraction of sp³-hybridized carbons (Fsp3) is 0.700. The SMILES string of the molecule is C=C(OC)C1C(=O)C2CC(C2)N1C. The van der Waals surface area contributed by atoms with Crippen molar-refractivity contribution in [2.75, 3.05) is 14.2 Å². The molecule has 1 unspecified atom stereocenters. The van der Waals surface area contributed by atoms with Gasteiger partial charge in [-0.25, -0.2) is 0 Å². The standard InChI is InChI=1S/C10H15NO2/c1-6(13-3)9-10(12)7-4-8(5-7)11(9)2/h7-9H,1,4-5H2,2-3H3. The van der Waals surface area contributed by atoms with Crippen molar-refractivity contribution in [1.29, 1.82) is 0 Å². The molecule has 2 aliphatic heterocycles. The van der Waals surface area contributed by atoms with Gasteiger partial charge >= 0.3 is 0 Å². The van der Waals surface area contributed by atoms with Crippen molar-refractivity contribution in [3.05, 3.63) is 12.3 Å². The summed E-state index contributed by atoms with van der Waals surface area (Å²) in [5.41, 5.74) is 0. The van der Waals surface area contributed by atoms with E-state index < -0.39 is 0 Å². The second kappa shape index (κ2) is 2.84.